The molecule has 0 aliphatic heterocycles. The van der Waals surface area contributed by atoms with E-state index in [1.54, 1.807) is 0 Å². The molecule has 1 unspecified atom stereocenters. The zero-order valence-electron chi connectivity index (χ0n) is 12.9. The van der Waals surface area contributed by atoms with Crippen molar-refractivity contribution in [1.82, 2.24) is 15.1 Å². The van der Waals surface area contributed by atoms with Gasteiger partial charge in [-0.15, -0.1) is 0 Å². The molecule has 1 aromatic heterocycles. The topological polar surface area (TPSA) is 39.1 Å². The Hall–Kier alpha value is -0.870. The van der Waals surface area contributed by atoms with E-state index < -0.39 is 0 Å². The summed E-state index contributed by atoms with van der Waals surface area (Å²) in [5, 5.41) is 8.06. The lowest BCUT2D eigenvalue weighted by Crippen LogP contribution is -2.33. The van der Waals surface area contributed by atoms with Gasteiger partial charge in [0, 0.05) is 37.9 Å². The van der Waals surface area contributed by atoms with E-state index in [1.165, 1.54) is 5.69 Å². The Labute approximate surface area is 117 Å². The summed E-state index contributed by atoms with van der Waals surface area (Å²) in [6.45, 7) is 12.1. The monoisotopic (exact) mass is 267 g/mol. The van der Waals surface area contributed by atoms with Crippen LogP contribution in [0.5, 0.6) is 0 Å². The van der Waals surface area contributed by atoms with E-state index in [1.807, 2.05) is 0 Å². The first kappa shape index (κ1) is 16.2. The van der Waals surface area contributed by atoms with Crippen LogP contribution in [-0.2, 0) is 17.7 Å². The molecule has 0 amide bonds. The van der Waals surface area contributed by atoms with Gasteiger partial charge in [0.1, 0.15) is 0 Å². The number of nitrogens with one attached hydrogen (secondary N) is 1. The third kappa shape index (κ3) is 5.74. The zero-order chi connectivity index (χ0) is 14.1. The van der Waals surface area contributed by atoms with Gasteiger partial charge in [0.2, 0.25) is 0 Å². The Morgan fingerprint density at radius 2 is 2.11 bits per heavy atom. The molecule has 1 aromatic rings. The van der Waals surface area contributed by atoms with Crippen LogP contribution in [0.15, 0.2) is 6.07 Å². The van der Waals surface area contributed by atoms with Crippen LogP contribution in [0, 0.1) is 6.92 Å². The van der Waals surface area contributed by atoms with E-state index in [9.17, 15) is 0 Å². The maximum atomic E-state index is 5.60. The molecule has 0 aliphatic carbocycles. The number of likely N-dealkylation sites (N-methyl/N-ethyl adjacent to an activating group) is 1. The van der Waals surface area contributed by atoms with Gasteiger partial charge in [0.25, 0.3) is 0 Å². The maximum absolute atomic E-state index is 5.60. The highest BCUT2D eigenvalue weighted by Crippen LogP contribution is 2.09. The standard InChI is InChI=1S/C15H29N3O/c1-5-9-19-10-8-14(16-6-2)12-15-11-13(4)17-18(15)7-3/h11,14,16H,5-10,12H2,1-4H3. The van der Waals surface area contributed by atoms with Gasteiger partial charge in [-0.1, -0.05) is 13.8 Å². The predicted octanol–water partition coefficient (Wildman–Crippen LogP) is 2.55. The molecule has 0 aliphatic rings. The Morgan fingerprint density at radius 1 is 1.32 bits per heavy atom. The molecule has 0 radical (unpaired) electrons. The second kappa shape index (κ2) is 9.10. The molecule has 0 spiro atoms. The van der Waals surface area contributed by atoms with E-state index in [2.05, 4.69) is 48.9 Å². The molecule has 0 bridgehead atoms. The van der Waals surface area contributed by atoms with Crippen molar-refractivity contribution in [3.63, 3.8) is 0 Å². The SMILES string of the molecule is CCCOCCC(Cc1cc(C)nn1CC)NCC. The zero-order valence-corrected chi connectivity index (χ0v) is 12.9. The van der Waals surface area contributed by atoms with Crippen LogP contribution < -0.4 is 5.32 Å². The van der Waals surface area contributed by atoms with Crippen LogP contribution in [0.4, 0.5) is 0 Å². The minimum Gasteiger partial charge on any atom is -0.381 e. The molecule has 1 atom stereocenters. The summed E-state index contributed by atoms with van der Waals surface area (Å²) in [6.07, 6.45) is 3.17. The molecule has 1 rings (SSSR count). The van der Waals surface area contributed by atoms with Crippen LogP contribution >= 0.6 is 0 Å². The van der Waals surface area contributed by atoms with Crippen LogP contribution in [0.25, 0.3) is 0 Å². The summed E-state index contributed by atoms with van der Waals surface area (Å²) in [5.41, 5.74) is 2.43. The molecule has 19 heavy (non-hydrogen) atoms. The molecule has 1 heterocycles. The third-order valence-electron chi connectivity index (χ3n) is 3.19. The number of ether oxygens (including phenoxy) is 1. The van der Waals surface area contributed by atoms with Crippen molar-refractivity contribution in [3.05, 3.63) is 17.5 Å². The van der Waals surface area contributed by atoms with Crippen molar-refractivity contribution in [2.24, 2.45) is 0 Å². The van der Waals surface area contributed by atoms with Gasteiger partial charge in [-0.05, 0) is 39.3 Å². The molecule has 0 saturated carbocycles. The largest absolute Gasteiger partial charge is 0.381 e. The molecule has 0 aromatic carbocycles. The first-order valence-electron chi connectivity index (χ1n) is 7.55. The second-order valence-corrected chi connectivity index (χ2v) is 4.95. The summed E-state index contributed by atoms with van der Waals surface area (Å²) in [5.74, 6) is 0. The fourth-order valence-electron chi connectivity index (χ4n) is 2.33. The summed E-state index contributed by atoms with van der Waals surface area (Å²) >= 11 is 0. The van der Waals surface area contributed by atoms with E-state index in [0.717, 1.165) is 51.3 Å². The van der Waals surface area contributed by atoms with Crippen molar-refractivity contribution in [2.75, 3.05) is 19.8 Å². The van der Waals surface area contributed by atoms with Crippen LogP contribution in [0.3, 0.4) is 0 Å². The van der Waals surface area contributed by atoms with Crippen LogP contribution in [-0.4, -0.2) is 35.6 Å². The highest BCUT2D eigenvalue weighted by Gasteiger charge is 2.12. The first-order chi connectivity index (χ1) is 9.21. The lowest BCUT2D eigenvalue weighted by molar-refractivity contribution is 0.124. The minimum absolute atomic E-state index is 0.475. The average molecular weight is 267 g/mol. The Kier molecular flexibility index (Phi) is 7.75. The highest BCUT2D eigenvalue weighted by atomic mass is 16.5. The number of hydrogen-bond acceptors (Lipinski definition) is 3. The van der Waals surface area contributed by atoms with E-state index in [4.69, 9.17) is 4.74 Å². The van der Waals surface area contributed by atoms with E-state index in [0.29, 0.717) is 6.04 Å². The van der Waals surface area contributed by atoms with E-state index in [-0.39, 0.29) is 0 Å². The van der Waals surface area contributed by atoms with Gasteiger partial charge in [-0.25, -0.2) is 0 Å². The molecular weight excluding hydrogens is 238 g/mol. The smallest absolute Gasteiger partial charge is 0.0596 e. The Bertz CT molecular complexity index is 349. The van der Waals surface area contributed by atoms with Crippen LogP contribution in [0.2, 0.25) is 0 Å². The maximum Gasteiger partial charge on any atom is 0.0596 e. The van der Waals surface area contributed by atoms with Crippen LogP contribution in [0.1, 0.15) is 45.0 Å². The molecule has 0 saturated heterocycles. The van der Waals surface area contributed by atoms with Crippen molar-refractivity contribution in [1.29, 1.82) is 0 Å². The van der Waals surface area contributed by atoms with Gasteiger partial charge in [0.15, 0.2) is 0 Å². The molecule has 0 fully saturated rings. The van der Waals surface area contributed by atoms with E-state index >= 15 is 0 Å². The number of hydrogen-bond donors (Lipinski definition) is 1. The van der Waals surface area contributed by atoms with Gasteiger partial charge >= 0.3 is 0 Å². The third-order valence-corrected chi connectivity index (χ3v) is 3.19. The van der Waals surface area contributed by atoms with Gasteiger partial charge in [-0.3, -0.25) is 4.68 Å². The summed E-state index contributed by atoms with van der Waals surface area (Å²) in [7, 11) is 0. The molecule has 4 nitrogen and oxygen atoms in total. The molecule has 110 valence electrons. The highest BCUT2D eigenvalue weighted by molar-refractivity contribution is 5.10. The number of rotatable bonds is 10. The van der Waals surface area contributed by atoms with Crippen molar-refractivity contribution >= 4 is 0 Å². The van der Waals surface area contributed by atoms with Gasteiger partial charge in [-0.2, -0.15) is 5.10 Å². The average Bonchev–Trinajstić information content (AvgIpc) is 2.75. The summed E-state index contributed by atoms with van der Waals surface area (Å²) in [6, 6.07) is 2.67. The minimum atomic E-state index is 0.475. The quantitative estimate of drug-likeness (QED) is 0.662. The molecule has 1 N–H and O–H groups in total. The lowest BCUT2D eigenvalue weighted by atomic mass is 10.1. The fraction of sp³-hybridized carbons (Fsp3) is 0.800. The van der Waals surface area contributed by atoms with Crippen molar-refractivity contribution in [2.45, 2.75) is 59.5 Å². The lowest BCUT2D eigenvalue weighted by Gasteiger charge is -2.18. The van der Waals surface area contributed by atoms with Gasteiger partial charge < -0.3 is 10.1 Å². The summed E-state index contributed by atoms with van der Waals surface area (Å²) < 4.78 is 7.70. The van der Waals surface area contributed by atoms with Crippen molar-refractivity contribution in [3.8, 4) is 0 Å². The predicted molar refractivity (Wildman–Crippen MR) is 79.5 cm³/mol. The van der Waals surface area contributed by atoms with Crippen molar-refractivity contribution < 1.29 is 4.74 Å². The normalized spacial score (nSPS) is 12.8. The first-order valence-corrected chi connectivity index (χ1v) is 7.55. The van der Waals surface area contributed by atoms with Gasteiger partial charge in [0.05, 0.1) is 5.69 Å². The summed E-state index contributed by atoms with van der Waals surface area (Å²) in [4.78, 5) is 0. The molecule has 4 heteroatoms. The Balaban J connectivity index is 2.51. The molecular formula is C15H29N3O. The fourth-order valence-corrected chi connectivity index (χ4v) is 2.33. The number of nitrogens with zero attached hydrogens (tertiary/aromatic N) is 2. The number of aromatic nitrogens is 2. The number of aryl methyl sites for hydroxylation is 2. The Morgan fingerprint density at radius 3 is 2.74 bits per heavy atom. The second-order valence-electron chi connectivity index (χ2n) is 4.95.